The molecule has 12 saturated heterocycles. The molecule has 0 aromatic rings. The fraction of sp³-hybridized carbons (Fsp3) is 1.00. The van der Waals surface area contributed by atoms with Crippen LogP contribution in [0.5, 0.6) is 0 Å². The summed E-state index contributed by atoms with van der Waals surface area (Å²) in [5.74, 6) is 22.1. The number of likely N-dealkylation sites (tertiary alicyclic amines) is 12. The summed E-state index contributed by atoms with van der Waals surface area (Å²) >= 11 is 0. The summed E-state index contributed by atoms with van der Waals surface area (Å²) in [6.07, 6.45) is 32.9. The van der Waals surface area contributed by atoms with Crippen molar-refractivity contribution in [3.63, 3.8) is 0 Å². The third-order valence-corrected chi connectivity index (χ3v) is 35.9. The molecule has 12 aliphatic rings. The minimum Gasteiger partial charge on any atom is -0.328 e. The molecule has 626 valence electrons. The largest absolute Gasteiger partial charge is 0.328 e. The van der Waals surface area contributed by atoms with E-state index in [1.165, 1.54) is 352 Å². The normalized spacial score (nSPS) is 43.2. The molecule has 12 rings (SSSR count). The first-order valence-corrected chi connectivity index (χ1v) is 47.8. The van der Waals surface area contributed by atoms with Crippen molar-refractivity contribution in [3.8, 4) is 0 Å². The highest BCUT2D eigenvalue weighted by molar-refractivity contribution is 4.91. The molecule has 0 aromatic heterocycles. The molecule has 0 aliphatic carbocycles. The van der Waals surface area contributed by atoms with Crippen LogP contribution in [0.15, 0.2) is 0 Å². The smallest absolute Gasteiger partial charge is 0.0816 e. The fourth-order valence-corrected chi connectivity index (χ4v) is 32.1. The van der Waals surface area contributed by atoms with Crippen LogP contribution in [0.4, 0.5) is 0 Å². The monoisotopic (exact) mass is 1520 g/mol. The van der Waals surface area contributed by atoms with Crippen LogP contribution < -0.4 is 0 Å². The van der Waals surface area contributed by atoms with Crippen molar-refractivity contribution in [1.29, 1.82) is 0 Å². The molecule has 24 unspecified atom stereocenters. The second kappa shape index (κ2) is 33.0. The van der Waals surface area contributed by atoms with Gasteiger partial charge in [-0.15, -0.1) is 0 Å². The first kappa shape index (κ1) is 86.8. The van der Waals surface area contributed by atoms with Crippen LogP contribution in [-0.4, -0.2) is 380 Å². The van der Waals surface area contributed by atoms with Crippen LogP contribution in [-0.2, 0) is 0 Å². The van der Waals surface area contributed by atoms with Crippen LogP contribution in [0.1, 0.15) is 155 Å². The minimum absolute atomic E-state index is 0.892. The van der Waals surface area contributed by atoms with Crippen LogP contribution in [0, 0.1) is 142 Å². The lowest BCUT2D eigenvalue weighted by atomic mass is 9.77. The van der Waals surface area contributed by atoms with Gasteiger partial charge < -0.3 is 53.8 Å². The Hall–Kier alpha value is -0.480. The zero-order chi connectivity index (χ0) is 78.4. The van der Waals surface area contributed by atoms with Gasteiger partial charge in [-0.3, -0.25) is 0 Å². The summed E-state index contributed by atoms with van der Waals surface area (Å²) in [7, 11) is 61.8. The number of hydrogen-bond donors (Lipinski definition) is 0. The molecule has 12 heterocycles. The fourth-order valence-electron chi connectivity index (χ4n) is 32.1. The highest BCUT2D eigenvalue weighted by Gasteiger charge is 2.53. The van der Waals surface area contributed by atoms with E-state index in [9.17, 15) is 0 Å². The number of nitrogens with zero attached hydrogens (tertiary/aromatic N) is 12. The van der Waals surface area contributed by atoms with Crippen molar-refractivity contribution in [3.05, 3.63) is 0 Å². The number of rotatable bonds is 33. The highest BCUT2D eigenvalue weighted by atomic mass is 15.4. The Morgan fingerprint density at radius 1 is 0.111 bits per heavy atom. The van der Waals surface area contributed by atoms with E-state index in [0.717, 1.165) is 142 Å². The zero-order valence-corrected chi connectivity index (χ0v) is 77.7. The van der Waals surface area contributed by atoms with Gasteiger partial charge in [0.15, 0.2) is 0 Å². The van der Waals surface area contributed by atoms with Crippen LogP contribution in [0.3, 0.4) is 0 Å². The summed E-state index contributed by atoms with van der Waals surface area (Å²) < 4.78 is 15.1. The molecule has 108 heavy (non-hydrogen) atoms. The van der Waals surface area contributed by atoms with Gasteiger partial charge in [0, 0.05) is 142 Å². The Bertz CT molecular complexity index is 2690. The molecular weight excluding hydrogens is 1320 g/mol. The van der Waals surface area contributed by atoms with E-state index in [-0.39, 0.29) is 0 Å². The van der Waals surface area contributed by atoms with Crippen molar-refractivity contribution in [2.75, 3.05) is 326 Å². The SMILES string of the molecule is CC1C[N+](C)(C)CC1CCC1C[N+](C)(C)CC1CCC1C[N+](C)(C)CC1CCC1C[N+](C)(C)CC1CCC1C[N+](C)(C)CC1CCC1C[N+](C)(C)CC1CCC1C[N+](C)(C)CC1CCC1C[N+](C)(C)CC1CCC1C[N+](C)(C)CC1CCC1C[N+](C)(C)CC1CCC1C[N+](C)(C)CC1CCC1C[N+](C)(C)CC1C. The van der Waals surface area contributed by atoms with Crippen LogP contribution >= 0.6 is 0 Å². The van der Waals surface area contributed by atoms with Crippen molar-refractivity contribution in [1.82, 2.24) is 0 Å². The van der Waals surface area contributed by atoms with Gasteiger partial charge in [0.1, 0.15) is 0 Å². The first-order valence-electron chi connectivity index (χ1n) is 47.8. The van der Waals surface area contributed by atoms with Gasteiger partial charge in [0.05, 0.1) is 326 Å². The molecule has 0 amide bonds. The molecule has 0 bridgehead atoms. The van der Waals surface area contributed by atoms with E-state index < -0.39 is 0 Å². The van der Waals surface area contributed by atoms with E-state index in [0.29, 0.717) is 0 Å². The summed E-state index contributed by atoms with van der Waals surface area (Å²) in [5.41, 5.74) is 0. The zero-order valence-electron chi connectivity index (χ0n) is 77.7. The lowest BCUT2D eigenvalue weighted by molar-refractivity contribution is -0.881. The average molecular weight is 1520 g/mol. The van der Waals surface area contributed by atoms with Gasteiger partial charge in [0.25, 0.3) is 0 Å². The summed E-state index contributed by atoms with van der Waals surface area (Å²) in [6.45, 7) is 39.2. The van der Waals surface area contributed by atoms with Crippen molar-refractivity contribution in [2.24, 2.45) is 142 Å². The predicted octanol–water partition coefficient (Wildman–Crippen LogP) is 13.5. The maximum Gasteiger partial charge on any atom is 0.0816 e. The second-order valence-corrected chi connectivity index (χ2v) is 52.6. The molecule has 12 heteroatoms. The molecular formula is C96H194N12+12. The van der Waals surface area contributed by atoms with Crippen molar-refractivity contribution < 1.29 is 53.8 Å². The molecule has 0 saturated carbocycles. The van der Waals surface area contributed by atoms with Gasteiger partial charge in [0.2, 0.25) is 0 Å². The molecule has 0 radical (unpaired) electrons. The third-order valence-electron chi connectivity index (χ3n) is 35.9. The van der Waals surface area contributed by atoms with Crippen molar-refractivity contribution >= 4 is 0 Å². The Morgan fingerprint density at radius 3 is 0.250 bits per heavy atom. The first-order chi connectivity index (χ1) is 49.9. The predicted molar refractivity (Wildman–Crippen MR) is 459 cm³/mol. The van der Waals surface area contributed by atoms with Crippen molar-refractivity contribution in [2.45, 2.75) is 155 Å². The van der Waals surface area contributed by atoms with E-state index >= 15 is 0 Å². The second-order valence-electron chi connectivity index (χ2n) is 52.6. The van der Waals surface area contributed by atoms with Gasteiger partial charge in [-0.05, 0) is 141 Å². The summed E-state index contributed by atoms with van der Waals surface area (Å²) in [5, 5.41) is 0. The van der Waals surface area contributed by atoms with E-state index in [4.69, 9.17) is 0 Å². The molecule has 0 aromatic carbocycles. The molecule has 12 aliphatic heterocycles. The Morgan fingerprint density at radius 2 is 0.176 bits per heavy atom. The topological polar surface area (TPSA) is 0 Å². The van der Waals surface area contributed by atoms with E-state index in [2.05, 4.69) is 183 Å². The molecule has 0 spiro atoms. The van der Waals surface area contributed by atoms with Gasteiger partial charge in [-0.2, -0.15) is 0 Å². The van der Waals surface area contributed by atoms with Crippen LogP contribution in [0.25, 0.3) is 0 Å². The molecule has 12 fully saturated rings. The lowest BCUT2D eigenvalue weighted by Crippen LogP contribution is -2.37. The maximum absolute atomic E-state index is 2.61. The highest BCUT2D eigenvalue weighted by Crippen LogP contribution is 2.49. The van der Waals surface area contributed by atoms with E-state index in [1.54, 1.807) is 0 Å². The van der Waals surface area contributed by atoms with Gasteiger partial charge >= 0.3 is 0 Å². The van der Waals surface area contributed by atoms with Crippen LogP contribution in [0.2, 0.25) is 0 Å². The average Bonchev–Trinajstić information content (AvgIpc) is 1.66. The maximum atomic E-state index is 2.61. The number of hydrogen-bond acceptors (Lipinski definition) is 0. The number of quaternary nitrogens is 12. The van der Waals surface area contributed by atoms with Gasteiger partial charge in [-0.1, -0.05) is 13.8 Å². The Kier molecular flexibility index (Phi) is 26.6. The standard InChI is InChI=1S/C96H194N12/c1-73-49-97(3,4)51-75(73)27-29-77-53-99(7,8)55-79(77)31-33-81-57-101(11,12)59-83(81)35-37-85-61-103(15,16)63-87(85)39-41-89-65-105(19,20)67-91(89)43-45-93-69-107(23,24)71-95(93)47-48-96-72-108(25,26)70-94(96)46-44-92-68-106(21,22)66-90(92)42-40-88-64-104(17,18)62-86(88)38-36-84-60-102(13,14)58-82(84)34-32-80-56-100(9,10)54-78(80)30-28-76-52-98(5,6)50-74(76)2/h73-96H,27-72H2,1-26H3/q+12. The third kappa shape index (κ3) is 23.3. The Labute approximate surface area is 673 Å². The quantitative estimate of drug-likeness (QED) is 0.0575. The van der Waals surface area contributed by atoms with Gasteiger partial charge in [-0.25, -0.2) is 0 Å². The summed E-state index contributed by atoms with van der Waals surface area (Å²) in [6, 6.07) is 0. The minimum atomic E-state index is 0.892. The molecule has 0 N–H and O–H groups in total. The molecule has 12 nitrogen and oxygen atoms in total. The van der Waals surface area contributed by atoms with E-state index in [1.807, 2.05) is 0 Å². The lowest BCUT2D eigenvalue weighted by Gasteiger charge is -2.24. The molecule has 24 atom stereocenters. The Balaban J connectivity index is 0.598. The summed E-state index contributed by atoms with van der Waals surface area (Å²) in [4.78, 5) is 0.